The van der Waals surface area contributed by atoms with Crippen LogP contribution in [0, 0.1) is 12.7 Å². The second-order valence-electron chi connectivity index (χ2n) is 7.18. The molecule has 0 aromatic heterocycles. The van der Waals surface area contributed by atoms with Gasteiger partial charge in [-0.2, -0.15) is 4.31 Å². The molecule has 5 nitrogen and oxygen atoms in total. The van der Waals surface area contributed by atoms with E-state index in [0.717, 1.165) is 31.4 Å². The van der Waals surface area contributed by atoms with Crippen LogP contribution in [-0.4, -0.2) is 31.2 Å². The molecule has 156 valence electrons. The number of piperidine rings is 1. The number of nitrogens with zero attached hydrogens (tertiary/aromatic N) is 1. The topological polar surface area (TPSA) is 66.5 Å². The molecule has 1 amide bonds. The molecule has 0 spiro atoms. The van der Waals surface area contributed by atoms with Gasteiger partial charge in [-0.25, -0.2) is 12.8 Å². The SMILES string of the molecule is CC[C@H]1CCCCN1S(=O)(=O)c1ccc(F)c(C(=O)Nc2cccc(Cl)c2C)c1. The summed E-state index contributed by atoms with van der Waals surface area (Å²) in [6, 6.07) is 8.28. The van der Waals surface area contributed by atoms with Crippen LogP contribution in [0.3, 0.4) is 0 Å². The molecule has 2 aromatic rings. The fourth-order valence-corrected chi connectivity index (χ4v) is 5.57. The van der Waals surface area contributed by atoms with E-state index < -0.39 is 21.7 Å². The van der Waals surface area contributed by atoms with Crippen molar-refractivity contribution < 1.29 is 17.6 Å². The molecule has 1 N–H and O–H groups in total. The quantitative estimate of drug-likeness (QED) is 0.714. The van der Waals surface area contributed by atoms with Gasteiger partial charge in [0.25, 0.3) is 5.91 Å². The van der Waals surface area contributed by atoms with Gasteiger partial charge in [-0.1, -0.05) is 31.0 Å². The smallest absolute Gasteiger partial charge is 0.258 e. The molecule has 8 heteroatoms. The average Bonchev–Trinajstić information content (AvgIpc) is 2.71. The highest BCUT2D eigenvalue weighted by Gasteiger charge is 2.33. The molecule has 1 aliphatic rings. The van der Waals surface area contributed by atoms with E-state index in [1.807, 2.05) is 6.92 Å². The van der Waals surface area contributed by atoms with Crippen LogP contribution in [-0.2, 0) is 10.0 Å². The third kappa shape index (κ3) is 4.47. The lowest BCUT2D eigenvalue weighted by Crippen LogP contribution is -2.43. The van der Waals surface area contributed by atoms with E-state index >= 15 is 0 Å². The van der Waals surface area contributed by atoms with Gasteiger partial charge in [0.15, 0.2) is 0 Å². The van der Waals surface area contributed by atoms with Crippen LogP contribution in [0.2, 0.25) is 5.02 Å². The van der Waals surface area contributed by atoms with Crippen molar-refractivity contribution in [3.05, 3.63) is 58.4 Å². The number of nitrogens with one attached hydrogen (secondary N) is 1. The zero-order valence-electron chi connectivity index (χ0n) is 16.4. The van der Waals surface area contributed by atoms with Crippen LogP contribution in [0.1, 0.15) is 48.5 Å². The zero-order valence-corrected chi connectivity index (χ0v) is 18.0. The Balaban J connectivity index is 1.93. The predicted octanol–water partition coefficient (Wildman–Crippen LogP) is 4.99. The fourth-order valence-electron chi connectivity index (χ4n) is 3.61. The Bertz CT molecular complexity index is 1030. The van der Waals surface area contributed by atoms with E-state index in [9.17, 15) is 17.6 Å². The molecule has 0 saturated carbocycles. The normalized spacial score (nSPS) is 17.9. The summed E-state index contributed by atoms with van der Waals surface area (Å²) < 4.78 is 42.2. The Hall–Kier alpha value is -1.96. The van der Waals surface area contributed by atoms with Gasteiger partial charge in [-0.15, -0.1) is 0 Å². The van der Waals surface area contributed by atoms with Crippen molar-refractivity contribution in [1.29, 1.82) is 0 Å². The van der Waals surface area contributed by atoms with E-state index in [-0.39, 0.29) is 16.5 Å². The maximum atomic E-state index is 14.4. The van der Waals surface area contributed by atoms with Gasteiger partial charge in [-0.05, 0) is 62.1 Å². The molecule has 0 radical (unpaired) electrons. The molecule has 1 aliphatic heterocycles. The van der Waals surface area contributed by atoms with Crippen LogP contribution >= 0.6 is 11.6 Å². The highest BCUT2D eigenvalue weighted by molar-refractivity contribution is 7.89. The number of anilines is 1. The van der Waals surface area contributed by atoms with Crippen molar-refractivity contribution in [2.24, 2.45) is 0 Å². The Morgan fingerprint density at radius 3 is 2.76 bits per heavy atom. The number of carbonyl (C=O) groups is 1. The van der Waals surface area contributed by atoms with E-state index in [2.05, 4.69) is 5.32 Å². The van der Waals surface area contributed by atoms with Crippen molar-refractivity contribution >= 4 is 33.2 Å². The summed E-state index contributed by atoms with van der Waals surface area (Å²) in [5, 5.41) is 3.08. The second-order valence-corrected chi connectivity index (χ2v) is 9.48. The maximum absolute atomic E-state index is 14.4. The van der Waals surface area contributed by atoms with Gasteiger partial charge in [0.05, 0.1) is 10.5 Å². The first-order valence-corrected chi connectivity index (χ1v) is 11.5. The first kappa shape index (κ1) is 21.7. The molecule has 1 saturated heterocycles. The predicted molar refractivity (Wildman–Crippen MR) is 112 cm³/mol. The summed E-state index contributed by atoms with van der Waals surface area (Å²) >= 11 is 6.06. The largest absolute Gasteiger partial charge is 0.322 e. The van der Waals surface area contributed by atoms with Crippen LogP contribution in [0.4, 0.5) is 10.1 Å². The zero-order chi connectivity index (χ0) is 21.2. The van der Waals surface area contributed by atoms with Gasteiger partial charge >= 0.3 is 0 Å². The van der Waals surface area contributed by atoms with Crippen molar-refractivity contribution in [2.75, 3.05) is 11.9 Å². The van der Waals surface area contributed by atoms with Crippen LogP contribution in [0.5, 0.6) is 0 Å². The summed E-state index contributed by atoms with van der Waals surface area (Å²) in [6.45, 7) is 4.12. The lowest BCUT2D eigenvalue weighted by atomic mass is 10.0. The fraction of sp³-hybridized carbons (Fsp3) is 0.381. The highest BCUT2D eigenvalue weighted by atomic mass is 35.5. The molecule has 1 fully saturated rings. The molecule has 1 atom stereocenters. The third-order valence-electron chi connectivity index (χ3n) is 5.35. The van der Waals surface area contributed by atoms with Gasteiger partial charge < -0.3 is 5.32 Å². The first-order chi connectivity index (χ1) is 13.8. The van der Waals surface area contributed by atoms with Crippen LogP contribution in [0.15, 0.2) is 41.3 Å². The Morgan fingerprint density at radius 2 is 2.03 bits per heavy atom. The molecule has 2 aromatic carbocycles. The monoisotopic (exact) mass is 438 g/mol. The number of hydrogen-bond acceptors (Lipinski definition) is 3. The van der Waals surface area contributed by atoms with Crippen molar-refractivity contribution in [3.8, 4) is 0 Å². The van der Waals surface area contributed by atoms with E-state index in [4.69, 9.17) is 11.6 Å². The highest BCUT2D eigenvalue weighted by Crippen LogP contribution is 2.29. The summed E-state index contributed by atoms with van der Waals surface area (Å²) in [6.07, 6.45) is 3.29. The Morgan fingerprint density at radius 1 is 1.28 bits per heavy atom. The number of sulfonamides is 1. The Labute approximate surface area is 175 Å². The standard InChI is InChI=1S/C21H24ClFN2O3S/c1-3-15-7-4-5-12-25(15)29(27,28)16-10-11-19(23)17(13-16)21(26)24-20-9-6-8-18(22)14(20)2/h6,8-11,13,15H,3-5,7,12H2,1-2H3,(H,24,26)/t15-/m0/s1. The number of carbonyl (C=O) groups excluding carboxylic acids is 1. The number of rotatable bonds is 5. The van der Waals surface area contributed by atoms with E-state index in [0.29, 0.717) is 29.2 Å². The van der Waals surface area contributed by atoms with E-state index in [1.54, 1.807) is 25.1 Å². The molecular formula is C21H24ClFN2O3S. The minimum atomic E-state index is -3.82. The number of halogens is 2. The molecule has 0 aliphatic carbocycles. The lowest BCUT2D eigenvalue weighted by molar-refractivity contribution is 0.102. The van der Waals surface area contributed by atoms with Crippen molar-refractivity contribution in [2.45, 2.75) is 50.5 Å². The Kier molecular flexibility index (Phi) is 6.61. The van der Waals surface area contributed by atoms with Crippen molar-refractivity contribution in [1.82, 2.24) is 4.31 Å². The summed E-state index contributed by atoms with van der Waals surface area (Å²) in [5.41, 5.74) is 0.763. The third-order valence-corrected chi connectivity index (χ3v) is 7.71. The van der Waals surface area contributed by atoms with Crippen LogP contribution < -0.4 is 5.32 Å². The number of hydrogen-bond donors (Lipinski definition) is 1. The number of benzene rings is 2. The second kappa shape index (κ2) is 8.81. The molecule has 29 heavy (non-hydrogen) atoms. The summed E-state index contributed by atoms with van der Waals surface area (Å²) in [7, 11) is -3.82. The molecule has 0 unspecified atom stereocenters. The summed E-state index contributed by atoms with van der Waals surface area (Å²) in [4.78, 5) is 12.6. The number of amides is 1. The molecular weight excluding hydrogens is 415 g/mol. The minimum absolute atomic E-state index is 0.0767. The van der Waals surface area contributed by atoms with Gasteiger partial charge in [0.2, 0.25) is 10.0 Å². The van der Waals surface area contributed by atoms with Crippen molar-refractivity contribution in [3.63, 3.8) is 0 Å². The molecule has 0 bridgehead atoms. The van der Waals surface area contributed by atoms with Gasteiger partial charge in [0, 0.05) is 23.3 Å². The average molecular weight is 439 g/mol. The maximum Gasteiger partial charge on any atom is 0.258 e. The van der Waals surface area contributed by atoms with Crippen LogP contribution in [0.25, 0.3) is 0 Å². The van der Waals surface area contributed by atoms with Gasteiger partial charge in [0.1, 0.15) is 5.82 Å². The van der Waals surface area contributed by atoms with E-state index in [1.165, 1.54) is 10.4 Å². The summed E-state index contributed by atoms with van der Waals surface area (Å²) in [5.74, 6) is -1.51. The first-order valence-electron chi connectivity index (χ1n) is 9.63. The lowest BCUT2D eigenvalue weighted by Gasteiger charge is -2.34. The molecule has 3 rings (SSSR count). The van der Waals surface area contributed by atoms with Gasteiger partial charge in [-0.3, -0.25) is 4.79 Å². The minimum Gasteiger partial charge on any atom is -0.322 e. The molecule has 1 heterocycles.